The molecule has 1 N–H and O–H groups in total. The molecule has 0 bridgehead atoms. The number of nitriles is 1. The van der Waals surface area contributed by atoms with Crippen molar-refractivity contribution in [2.24, 2.45) is 0 Å². The molecule has 0 unspecified atom stereocenters. The standard InChI is InChI=1S/C30H34N4O5S/c1-2-38-24-10-13-26-27(19-31)29(34(28(26)18-24)22-4-3-5-22)20-6-8-21(9-7-20)32-30(35)39-23-14-16-33(17-15-23)40(36,37)25-11-12-25/h6-10,13,18,22-23,25H,2-5,11-12,14-17H2,1H3,(H,32,35). The molecule has 1 saturated heterocycles. The van der Waals surface area contributed by atoms with Gasteiger partial charge in [0, 0.05) is 36.3 Å². The van der Waals surface area contributed by atoms with Crippen LogP contribution in [0, 0.1) is 11.3 Å². The molecule has 1 aliphatic heterocycles. The second kappa shape index (κ2) is 10.8. The number of nitrogens with zero attached hydrogens (tertiary/aromatic N) is 3. The Kier molecular flexibility index (Phi) is 7.19. The Morgan fingerprint density at radius 1 is 1.05 bits per heavy atom. The minimum atomic E-state index is -3.19. The zero-order chi connectivity index (χ0) is 27.9. The van der Waals surface area contributed by atoms with Gasteiger partial charge in [-0.3, -0.25) is 5.32 Å². The zero-order valence-electron chi connectivity index (χ0n) is 22.6. The lowest BCUT2D eigenvalue weighted by atomic mass is 9.92. The van der Waals surface area contributed by atoms with Crippen molar-refractivity contribution in [2.45, 2.75) is 69.3 Å². The number of hydrogen-bond donors (Lipinski definition) is 1. The normalized spacial score (nSPS) is 18.7. The molecule has 0 spiro atoms. The van der Waals surface area contributed by atoms with Gasteiger partial charge in [-0.2, -0.15) is 5.26 Å². The van der Waals surface area contributed by atoms with Crippen LogP contribution >= 0.6 is 0 Å². The number of anilines is 1. The summed E-state index contributed by atoms with van der Waals surface area (Å²) < 4.78 is 40.1. The third-order valence-electron chi connectivity index (χ3n) is 8.22. The van der Waals surface area contributed by atoms with Crippen molar-refractivity contribution in [2.75, 3.05) is 25.0 Å². The first-order chi connectivity index (χ1) is 19.4. The first kappa shape index (κ1) is 26.7. The van der Waals surface area contributed by atoms with E-state index in [0.29, 0.717) is 49.8 Å². The molecule has 2 aromatic carbocycles. The van der Waals surface area contributed by atoms with Crippen LogP contribution in [0.1, 0.15) is 63.5 Å². The monoisotopic (exact) mass is 562 g/mol. The topological polar surface area (TPSA) is 114 Å². The molecular weight excluding hydrogens is 528 g/mol. The number of aromatic nitrogens is 1. The van der Waals surface area contributed by atoms with Gasteiger partial charge in [0.25, 0.3) is 0 Å². The lowest BCUT2D eigenvalue weighted by Gasteiger charge is -2.31. The van der Waals surface area contributed by atoms with Gasteiger partial charge < -0.3 is 14.0 Å². The molecule has 210 valence electrons. The number of rotatable bonds is 8. The maximum absolute atomic E-state index is 12.6. The minimum absolute atomic E-state index is 0.219. The van der Waals surface area contributed by atoms with Gasteiger partial charge in [-0.05, 0) is 81.7 Å². The number of benzene rings is 2. The van der Waals surface area contributed by atoms with E-state index in [0.717, 1.165) is 60.0 Å². The van der Waals surface area contributed by atoms with Crippen LogP contribution in [0.3, 0.4) is 0 Å². The summed E-state index contributed by atoms with van der Waals surface area (Å²) in [5.74, 6) is 0.789. The largest absolute Gasteiger partial charge is 0.494 e. The molecule has 9 nitrogen and oxygen atoms in total. The van der Waals surface area contributed by atoms with Crippen molar-refractivity contribution < 1.29 is 22.7 Å². The van der Waals surface area contributed by atoms with Gasteiger partial charge in [0.2, 0.25) is 10.0 Å². The van der Waals surface area contributed by atoms with Crippen molar-refractivity contribution >= 4 is 32.7 Å². The van der Waals surface area contributed by atoms with E-state index in [9.17, 15) is 18.5 Å². The SMILES string of the molecule is CCOc1ccc2c(C#N)c(-c3ccc(NC(=O)OC4CCN(S(=O)(=O)C5CC5)CC4)cc3)n(C3CCC3)c2c1. The molecule has 1 aromatic heterocycles. The molecular formula is C30H34N4O5S. The van der Waals surface area contributed by atoms with Gasteiger partial charge in [0.1, 0.15) is 17.9 Å². The molecule has 2 heterocycles. The number of piperidine rings is 1. The second-order valence-electron chi connectivity index (χ2n) is 10.9. The Bertz CT molecular complexity index is 1560. The van der Waals surface area contributed by atoms with Crippen LogP contribution in [0.2, 0.25) is 0 Å². The molecule has 2 aliphatic carbocycles. The Balaban J connectivity index is 1.16. The number of carbonyl (C=O) groups excluding carboxylic acids is 1. The molecule has 3 aromatic rings. The van der Waals surface area contributed by atoms with Gasteiger partial charge in [-0.15, -0.1) is 0 Å². The minimum Gasteiger partial charge on any atom is -0.494 e. The fraction of sp³-hybridized carbons (Fsp3) is 0.467. The van der Waals surface area contributed by atoms with E-state index in [2.05, 4.69) is 16.0 Å². The zero-order valence-corrected chi connectivity index (χ0v) is 23.5. The van der Waals surface area contributed by atoms with Crippen molar-refractivity contribution in [1.29, 1.82) is 5.26 Å². The quantitative estimate of drug-likeness (QED) is 0.371. The molecule has 0 atom stereocenters. The highest BCUT2D eigenvalue weighted by molar-refractivity contribution is 7.90. The number of carbonyl (C=O) groups is 1. The van der Waals surface area contributed by atoms with Crippen LogP contribution < -0.4 is 10.1 Å². The Labute approximate surface area is 234 Å². The van der Waals surface area contributed by atoms with Crippen LogP contribution in [0.25, 0.3) is 22.2 Å². The fourth-order valence-electron chi connectivity index (χ4n) is 5.76. The molecule has 10 heteroatoms. The van der Waals surface area contributed by atoms with Crippen LogP contribution in [-0.2, 0) is 14.8 Å². The second-order valence-corrected chi connectivity index (χ2v) is 13.1. The summed E-state index contributed by atoms with van der Waals surface area (Å²) in [6, 6.07) is 16.1. The number of ether oxygens (including phenoxy) is 2. The van der Waals surface area contributed by atoms with E-state index >= 15 is 0 Å². The van der Waals surface area contributed by atoms with Gasteiger partial charge in [0.05, 0.1) is 28.6 Å². The first-order valence-electron chi connectivity index (χ1n) is 14.2. The van der Waals surface area contributed by atoms with E-state index in [1.165, 1.54) is 4.31 Å². The summed E-state index contributed by atoms with van der Waals surface area (Å²) in [5.41, 5.74) is 4.02. The smallest absolute Gasteiger partial charge is 0.411 e. The van der Waals surface area contributed by atoms with E-state index < -0.39 is 16.1 Å². The van der Waals surface area contributed by atoms with Gasteiger partial charge in [-0.25, -0.2) is 17.5 Å². The fourth-order valence-corrected chi connectivity index (χ4v) is 7.63. The molecule has 3 aliphatic rings. The lowest BCUT2D eigenvalue weighted by Crippen LogP contribution is -2.43. The molecule has 3 fully saturated rings. The van der Waals surface area contributed by atoms with E-state index in [1.807, 2.05) is 49.4 Å². The van der Waals surface area contributed by atoms with Crippen molar-refractivity contribution in [3.63, 3.8) is 0 Å². The van der Waals surface area contributed by atoms with Crippen LogP contribution in [0.15, 0.2) is 42.5 Å². The maximum atomic E-state index is 12.6. The number of sulfonamides is 1. The predicted molar refractivity (Wildman–Crippen MR) is 153 cm³/mol. The highest BCUT2D eigenvalue weighted by Gasteiger charge is 2.41. The van der Waals surface area contributed by atoms with Crippen molar-refractivity contribution in [1.82, 2.24) is 8.87 Å². The summed E-state index contributed by atoms with van der Waals surface area (Å²) in [7, 11) is -3.19. The van der Waals surface area contributed by atoms with E-state index in [4.69, 9.17) is 9.47 Å². The van der Waals surface area contributed by atoms with Gasteiger partial charge in [0.15, 0.2) is 0 Å². The average molecular weight is 563 g/mol. The maximum Gasteiger partial charge on any atom is 0.411 e. The molecule has 1 amide bonds. The van der Waals surface area contributed by atoms with Gasteiger partial charge >= 0.3 is 6.09 Å². The van der Waals surface area contributed by atoms with Gasteiger partial charge in [-0.1, -0.05) is 12.1 Å². The highest BCUT2D eigenvalue weighted by atomic mass is 32.2. The Morgan fingerprint density at radius 3 is 2.38 bits per heavy atom. The van der Waals surface area contributed by atoms with E-state index in [1.54, 1.807) is 0 Å². The third kappa shape index (κ3) is 5.04. The molecule has 2 saturated carbocycles. The predicted octanol–water partition coefficient (Wildman–Crippen LogP) is 5.81. The number of amides is 1. The van der Waals surface area contributed by atoms with Crippen LogP contribution in [0.5, 0.6) is 5.75 Å². The lowest BCUT2D eigenvalue weighted by molar-refractivity contribution is 0.0773. The van der Waals surface area contributed by atoms with Crippen LogP contribution in [-0.4, -0.2) is 54.4 Å². The molecule has 6 rings (SSSR count). The average Bonchev–Trinajstić information content (AvgIpc) is 3.73. The molecule has 0 radical (unpaired) electrons. The van der Waals surface area contributed by atoms with Crippen molar-refractivity contribution in [3.8, 4) is 23.1 Å². The third-order valence-corrected chi connectivity index (χ3v) is 10.6. The van der Waals surface area contributed by atoms with Crippen LogP contribution in [0.4, 0.5) is 10.5 Å². The highest BCUT2D eigenvalue weighted by Crippen LogP contribution is 2.43. The summed E-state index contributed by atoms with van der Waals surface area (Å²) >= 11 is 0. The number of nitrogens with one attached hydrogen (secondary N) is 1. The van der Waals surface area contributed by atoms with Crippen molar-refractivity contribution in [3.05, 3.63) is 48.0 Å². The Morgan fingerprint density at radius 2 is 1.77 bits per heavy atom. The first-order valence-corrected chi connectivity index (χ1v) is 15.7. The summed E-state index contributed by atoms with van der Waals surface area (Å²) in [6.45, 7) is 3.30. The number of hydrogen-bond acceptors (Lipinski definition) is 6. The summed E-state index contributed by atoms with van der Waals surface area (Å²) in [4.78, 5) is 12.6. The Hall–Kier alpha value is -3.55. The summed E-state index contributed by atoms with van der Waals surface area (Å²) in [6.07, 6.45) is 4.90. The molecule has 40 heavy (non-hydrogen) atoms. The summed E-state index contributed by atoms with van der Waals surface area (Å²) in [5, 5.41) is 13.6. The number of fused-ring (bicyclic) bond motifs is 1. The van der Waals surface area contributed by atoms with E-state index in [-0.39, 0.29) is 11.4 Å².